The predicted molar refractivity (Wildman–Crippen MR) is 163 cm³/mol. The van der Waals surface area contributed by atoms with Crippen LogP contribution in [0.5, 0.6) is 0 Å². The summed E-state index contributed by atoms with van der Waals surface area (Å²) in [5, 5.41) is 0. The molecule has 216 valence electrons. The van der Waals surface area contributed by atoms with E-state index in [0.717, 1.165) is 14.5 Å². The van der Waals surface area contributed by atoms with Gasteiger partial charge in [-0.05, 0) is 0 Å². The maximum Gasteiger partial charge on any atom is -1.00 e. The Balaban J connectivity index is 0.00000169. The Bertz CT molecular complexity index is 1330. The third kappa shape index (κ3) is 4.62. The van der Waals surface area contributed by atoms with Crippen LogP contribution in [0, 0.1) is 10.8 Å². The molecule has 4 atom stereocenters. The molecule has 0 saturated carbocycles. The van der Waals surface area contributed by atoms with Crippen LogP contribution in [-0.2, 0) is 20.3 Å². The van der Waals surface area contributed by atoms with Crippen LogP contribution in [-0.4, -0.2) is 0 Å². The van der Waals surface area contributed by atoms with Crippen molar-refractivity contribution in [2.75, 3.05) is 0 Å². The number of hydrogen-bond acceptors (Lipinski definition) is 0. The molecule has 0 bridgehead atoms. The Labute approximate surface area is 266 Å². The van der Waals surface area contributed by atoms with Crippen molar-refractivity contribution in [3.8, 4) is 0 Å². The van der Waals surface area contributed by atoms with Gasteiger partial charge in [0.05, 0.1) is 0 Å². The summed E-state index contributed by atoms with van der Waals surface area (Å²) in [4.78, 5) is 0. The molecule has 2 aromatic carbocycles. The average Bonchev–Trinajstić information content (AvgIpc) is 3.24. The van der Waals surface area contributed by atoms with Crippen LogP contribution in [0.4, 0.5) is 0 Å². The first-order chi connectivity index (χ1) is 18.7. The largest absolute Gasteiger partial charge is 1.00 e. The minimum absolute atomic E-state index is 0. The van der Waals surface area contributed by atoms with E-state index in [4.69, 9.17) is 0 Å². The maximum atomic E-state index is 2.70. The second kappa shape index (κ2) is 11.1. The molecule has 1 aliphatic heterocycles. The van der Waals surface area contributed by atoms with Crippen LogP contribution in [0.15, 0.2) is 106 Å². The molecule has 3 heteroatoms. The summed E-state index contributed by atoms with van der Waals surface area (Å²) in [7, 11) is 0. The SMILES string of the molecule is CC1=CC2=C(CCCC2(C)C)[CH]1[Zr+2]1([CH]2C(C)=CC3=C2CCCC3(C)C)[CH](c2ccccc2)[CH]1c1ccccc1.[Cl-].[Cl-]. The van der Waals surface area contributed by atoms with E-state index in [1.807, 2.05) is 11.1 Å². The zero-order valence-electron chi connectivity index (χ0n) is 25.7. The van der Waals surface area contributed by atoms with Gasteiger partial charge in [0.25, 0.3) is 0 Å². The number of rotatable bonds is 4. The van der Waals surface area contributed by atoms with Crippen LogP contribution in [0.1, 0.15) is 98.4 Å². The van der Waals surface area contributed by atoms with E-state index in [0.29, 0.717) is 10.8 Å². The molecule has 0 nitrogen and oxygen atoms in total. The Hall–Kier alpha value is -1.14. The number of benzene rings is 2. The predicted octanol–water partition coefficient (Wildman–Crippen LogP) is 5.15. The smallest absolute Gasteiger partial charge is 1.00 e. The van der Waals surface area contributed by atoms with Gasteiger partial charge in [-0.25, -0.2) is 0 Å². The van der Waals surface area contributed by atoms with Gasteiger partial charge in [0.15, 0.2) is 0 Å². The third-order valence-corrected chi connectivity index (χ3v) is 28.1. The van der Waals surface area contributed by atoms with Gasteiger partial charge >= 0.3 is 243 Å². The van der Waals surface area contributed by atoms with E-state index in [9.17, 15) is 0 Å². The van der Waals surface area contributed by atoms with E-state index < -0.39 is 20.3 Å². The minimum atomic E-state index is -3.17. The van der Waals surface area contributed by atoms with Crippen molar-refractivity contribution in [2.45, 2.75) is 94.6 Å². The van der Waals surface area contributed by atoms with Gasteiger partial charge in [0.2, 0.25) is 0 Å². The first-order valence-corrected chi connectivity index (χ1v) is 21.3. The summed E-state index contributed by atoms with van der Waals surface area (Å²) in [6.07, 6.45) is 13.4. The fraction of sp³-hybridized carbons (Fsp3) is 0.474. The van der Waals surface area contributed by atoms with E-state index in [1.54, 1.807) is 33.4 Å². The van der Waals surface area contributed by atoms with E-state index in [2.05, 4.69) is 114 Å². The molecule has 0 aromatic heterocycles. The summed E-state index contributed by atoms with van der Waals surface area (Å²) in [5.74, 6) is 0. The molecule has 1 saturated heterocycles. The van der Waals surface area contributed by atoms with Gasteiger partial charge in [-0.2, -0.15) is 0 Å². The Morgan fingerprint density at radius 3 is 1.32 bits per heavy atom. The fourth-order valence-corrected chi connectivity index (χ4v) is 32.9. The molecule has 0 N–H and O–H groups in total. The summed E-state index contributed by atoms with van der Waals surface area (Å²) in [5.41, 5.74) is 14.6. The molecule has 5 aliphatic rings. The van der Waals surface area contributed by atoms with Crippen molar-refractivity contribution in [3.05, 3.63) is 117 Å². The first-order valence-electron chi connectivity index (χ1n) is 15.6. The topological polar surface area (TPSA) is 0 Å². The average molecular weight is 665 g/mol. The molecule has 4 aliphatic carbocycles. The molecule has 2 aromatic rings. The van der Waals surface area contributed by atoms with Crippen molar-refractivity contribution in [1.82, 2.24) is 0 Å². The quantitative estimate of drug-likeness (QED) is 0.424. The first kappa shape index (κ1) is 31.3. The van der Waals surface area contributed by atoms with Crippen molar-refractivity contribution < 1.29 is 45.1 Å². The van der Waals surface area contributed by atoms with Gasteiger partial charge < -0.3 is 24.8 Å². The second-order valence-corrected chi connectivity index (χ2v) is 25.6. The molecule has 0 amide bonds. The molecule has 7 rings (SSSR count). The zero-order valence-corrected chi connectivity index (χ0v) is 29.7. The van der Waals surface area contributed by atoms with E-state index in [-0.39, 0.29) is 24.8 Å². The Kier molecular flexibility index (Phi) is 8.47. The standard InChI is InChI=1S/C14H12.2C12H17.2ClH.Zr/c1-3-7-13(8-4-1)11-12-14-9-5-2-6-10-14;2*1-9-7-10-5-4-6-12(2,3)11(10)8-9;;;/h1-12H;2*7-8H,4-6H2,1-3H3;2*1H;/q;;;;;+2/p-2. The Morgan fingerprint density at radius 2 is 0.951 bits per heavy atom. The van der Waals surface area contributed by atoms with Crippen LogP contribution in [0.2, 0.25) is 7.25 Å². The molecular weight excluding hydrogens is 619 g/mol. The monoisotopic (exact) mass is 662 g/mol. The molecule has 1 heterocycles. The van der Waals surface area contributed by atoms with Gasteiger partial charge in [0, 0.05) is 0 Å². The van der Waals surface area contributed by atoms with Crippen molar-refractivity contribution in [1.29, 1.82) is 0 Å². The van der Waals surface area contributed by atoms with Crippen LogP contribution in [0.25, 0.3) is 0 Å². The minimum Gasteiger partial charge on any atom is -1.00 e. The number of hydrogen-bond donors (Lipinski definition) is 0. The van der Waals surface area contributed by atoms with Crippen LogP contribution >= 0.6 is 0 Å². The molecule has 1 fully saturated rings. The van der Waals surface area contributed by atoms with Crippen molar-refractivity contribution >= 4 is 0 Å². The Morgan fingerprint density at radius 1 is 0.585 bits per heavy atom. The summed E-state index contributed by atoms with van der Waals surface area (Å²) in [6, 6.07) is 23.6. The fourth-order valence-electron chi connectivity index (χ4n) is 10.2. The van der Waals surface area contributed by atoms with Gasteiger partial charge in [-0.15, -0.1) is 0 Å². The van der Waals surface area contributed by atoms with Crippen LogP contribution < -0.4 is 24.8 Å². The molecule has 41 heavy (non-hydrogen) atoms. The van der Waals surface area contributed by atoms with Crippen molar-refractivity contribution in [2.24, 2.45) is 10.8 Å². The van der Waals surface area contributed by atoms with Gasteiger partial charge in [0.1, 0.15) is 0 Å². The molecular formula is C38H46Cl2Zr. The summed E-state index contributed by atoms with van der Waals surface area (Å²) < 4.78 is 2.93. The molecule has 0 spiro atoms. The third-order valence-electron chi connectivity index (χ3n) is 11.6. The summed E-state index contributed by atoms with van der Waals surface area (Å²) >= 11 is -3.17. The molecule has 0 radical (unpaired) electrons. The normalized spacial score (nSPS) is 31.2. The van der Waals surface area contributed by atoms with Gasteiger partial charge in [-0.3, -0.25) is 0 Å². The van der Waals surface area contributed by atoms with E-state index >= 15 is 0 Å². The maximum absolute atomic E-state index is 3.17. The number of allylic oxidation sites excluding steroid dienone is 8. The van der Waals surface area contributed by atoms with E-state index in [1.165, 1.54) is 38.5 Å². The van der Waals surface area contributed by atoms with Crippen LogP contribution in [0.3, 0.4) is 0 Å². The van der Waals surface area contributed by atoms with Gasteiger partial charge in [-0.1, -0.05) is 0 Å². The second-order valence-electron chi connectivity index (χ2n) is 14.8. The summed E-state index contributed by atoms with van der Waals surface area (Å²) in [6.45, 7) is 15.2. The number of halogens is 2. The molecule has 4 unspecified atom stereocenters. The van der Waals surface area contributed by atoms with Crippen molar-refractivity contribution in [3.63, 3.8) is 0 Å². The zero-order chi connectivity index (χ0) is 27.2.